The molecule has 0 bridgehead atoms. The molecule has 3 aromatic rings. The standard InChI is InChI=1S/C19H15IN2O3/c20-17-12-11-16(25-17)13-21-22-18(23)19(24,14-7-3-1-4-8-14)15-9-5-2-6-10-15/h1-13,24H,(H,22,23). The first-order valence-corrected chi connectivity index (χ1v) is 8.61. The number of hydrogen-bond donors (Lipinski definition) is 2. The summed E-state index contributed by atoms with van der Waals surface area (Å²) in [6.45, 7) is 0. The Morgan fingerprint density at radius 2 is 1.56 bits per heavy atom. The summed E-state index contributed by atoms with van der Waals surface area (Å²) >= 11 is 2.04. The van der Waals surface area contributed by atoms with Crippen molar-refractivity contribution in [2.24, 2.45) is 5.10 Å². The number of aliphatic hydroxyl groups is 1. The maximum Gasteiger partial charge on any atom is 0.281 e. The van der Waals surface area contributed by atoms with Crippen molar-refractivity contribution < 1.29 is 14.3 Å². The van der Waals surface area contributed by atoms with E-state index in [1.54, 1.807) is 60.7 Å². The summed E-state index contributed by atoms with van der Waals surface area (Å²) in [5.74, 6) is -0.143. The molecule has 0 spiro atoms. The van der Waals surface area contributed by atoms with E-state index in [0.717, 1.165) is 3.77 Å². The minimum Gasteiger partial charge on any atom is -0.449 e. The minimum absolute atomic E-state index is 0.460. The van der Waals surface area contributed by atoms with Gasteiger partial charge in [0.05, 0.1) is 6.21 Å². The average Bonchev–Trinajstić information content (AvgIpc) is 3.07. The Kier molecular flexibility index (Phi) is 5.30. The zero-order valence-corrected chi connectivity index (χ0v) is 15.3. The number of halogens is 1. The number of carbonyl (C=O) groups is 1. The first-order valence-electron chi connectivity index (χ1n) is 7.53. The van der Waals surface area contributed by atoms with E-state index in [-0.39, 0.29) is 0 Å². The van der Waals surface area contributed by atoms with Crippen LogP contribution in [-0.4, -0.2) is 17.2 Å². The highest BCUT2D eigenvalue weighted by Crippen LogP contribution is 2.29. The number of benzene rings is 2. The first-order chi connectivity index (χ1) is 12.1. The second-order valence-electron chi connectivity index (χ2n) is 5.28. The minimum atomic E-state index is -1.85. The molecule has 0 saturated carbocycles. The summed E-state index contributed by atoms with van der Waals surface area (Å²) in [6, 6.07) is 21.0. The molecule has 25 heavy (non-hydrogen) atoms. The Hall–Kier alpha value is -2.45. The molecular weight excluding hydrogens is 431 g/mol. The van der Waals surface area contributed by atoms with Crippen molar-refractivity contribution >= 4 is 34.7 Å². The van der Waals surface area contributed by atoms with Crippen LogP contribution in [0.15, 0.2) is 82.3 Å². The lowest BCUT2D eigenvalue weighted by molar-refractivity contribution is -0.136. The Labute approximate surface area is 158 Å². The topological polar surface area (TPSA) is 74.8 Å². The molecule has 0 fully saturated rings. The summed E-state index contributed by atoms with van der Waals surface area (Å²) in [4.78, 5) is 12.8. The van der Waals surface area contributed by atoms with Crippen LogP contribution < -0.4 is 5.43 Å². The molecule has 1 heterocycles. The molecule has 0 aliphatic rings. The molecule has 0 aliphatic heterocycles. The van der Waals surface area contributed by atoms with Crippen LogP contribution in [0.3, 0.4) is 0 Å². The number of nitrogens with one attached hydrogen (secondary N) is 1. The lowest BCUT2D eigenvalue weighted by Gasteiger charge is -2.26. The van der Waals surface area contributed by atoms with E-state index in [1.165, 1.54) is 6.21 Å². The van der Waals surface area contributed by atoms with Crippen molar-refractivity contribution in [2.45, 2.75) is 5.60 Å². The van der Waals surface area contributed by atoms with E-state index < -0.39 is 11.5 Å². The van der Waals surface area contributed by atoms with Crippen LogP contribution in [0.25, 0.3) is 0 Å². The van der Waals surface area contributed by atoms with E-state index >= 15 is 0 Å². The molecule has 1 aromatic heterocycles. The number of hydrogen-bond acceptors (Lipinski definition) is 4. The van der Waals surface area contributed by atoms with Gasteiger partial charge in [-0.1, -0.05) is 60.7 Å². The van der Waals surface area contributed by atoms with Crippen LogP contribution in [0.2, 0.25) is 0 Å². The average molecular weight is 446 g/mol. The number of hydrazone groups is 1. The van der Waals surface area contributed by atoms with E-state index in [1.807, 2.05) is 34.7 Å². The predicted molar refractivity (Wildman–Crippen MR) is 103 cm³/mol. The molecule has 1 amide bonds. The van der Waals surface area contributed by atoms with Crippen molar-refractivity contribution in [1.29, 1.82) is 0 Å². The van der Waals surface area contributed by atoms with Crippen LogP contribution >= 0.6 is 22.6 Å². The van der Waals surface area contributed by atoms with Gasteiger partial charge in [0.25, 0.3) is 5.91 Å². The van der Waals surface area contributed by atoms with Gasteiger partial charge >= 0.3 is 0 Å². The molecule has 6 heteroatoms. The molecule has 2 N–H and O–H groups in total. The monoisotopic (exact) mass is 446 g/mol. The first kappa shape index (κ1) is 17.4. The van der Waals surface area contributed by atoms with Crippen molar-refractivity contribution in [3.63, 3.8) is 0 Å². The molecule has 5 nitrogen and oxygen atoms in total. The summed E-state index contributed by atoms with van der Waals surface area (Å²) in [7, 11) is 0. The highest BCUT2D eigenvalue weighted by molar-refractivity contribution is 14.1. The molecule has 2 aromatic carbocycles. The number of rotatable bonds is 5. The van der Waals surface area contributed by atoms with Crippen LogP contribution in [0.4, 0.5) is 0 Å². The van der Waals surface area contributed by atoms with Gasteiger partial charge in [0.15, 0.2) is 9.37 Å². The lowest BCUT2D eigenvalue weighted by atomic mass is 9.85. The summed E-state index contributed by atoms with van der Waals surface area (Å²) in [5.41, 5.74) is 1.47. The van der Waals surface area contributed by atoms with Crippen molar-refractivity contribution in [1.82, 2.24) is 5.43 Å². The lowest BCUT2D eigenvalue weighted by Crippen LogP contribution is -2.43. The highest BCUT2D eigenvalue weighted by Gasteiger charge is 2.39. The van der Waals surface area contributed by atoms with Gasteiger partial charge in [0.2, 0.25) is 0 Å². The molecule has 0 radical (unpaired) electrons. The Morgan fingerprint density at radius 1 is 1.00 bits per heavy atom. The van der Waals surface area contributed by atoms with Crippen molar-refractivity contribution in [2.75, 3.05) is 0 Å². The maximum absolute atomic E-state index is 12.8. The van der Waals surface area contributed by atoms with Crippen molar-refractivity contribution in [3.8, 4) is 0 Å². The maximum atomic E-state index is 12.8. The second kappa shape index (κ2) is 7.62. The number of amides is 1. The van der Waals surface area contributed by atoms with Crippen LogP contribution in [0.1, 0.15) is 16.9 Å². The number of carbonyl (C=O) groups excluding carboxylic acids is 1. The molecular formula is C19H15IN2O3. The zero-order chi connectivity index (χ0) is 17.7. The largest absolute Gasteiger partial charge is 0.449 e. The fourth-order valence-electron chi connectivity index (χ4n) is 2.42. The van der Waals surface area contributed by atoms with Gasteiger partial charge < -0.3 is 9.52 Å². The van der Waals surface area contributed by atoms with Gasteiger partial charge in [-0.2, -0.15) is 5.10 Å². The number of furan rings is 1. The fraction of sp³-hybridized carbons (Fsp3) is 0.0526. The number of nitrogens with zero attached hydrogens (tertiary/aromatic N) is 1. The summed E-state index contributed by atoms with van der Waals surface area (Å²) < 4.78 is 6.06. The van der Waals surface area contributed by atoms with Gasteiger partial charge in [0, 0.05) is 0 Å². The van der Waals surface area contributed by atoms with E-state index in [9.17, 15) is 9.90 Å². The highest BCUT2D eigenvalue weighted by atomic mass is 127. The normalized spacial score (nSPS) is 11.6. The van der Waals surface area contributed by atoms with E-state index in [4.69, 9.17) is 4.42 Å². The fourth-order valence-corrected chi connectivity index (χ4v) is 2.85. The van der Waals surface area contributed by atoms with Crippen LogP contribution in [-0.2, 0) is 10.4 Å². The van der Waals surface area contributed by atoms with Crippen molar-refractivity contribution in [3.05, 3.63) is 93.5 Å². The van der Waals surface area contributed by atoms with Crippen LogP contribution in [0, 0.1) is 3.77 Å². The SMILES string of the molecule is O=C(NN=Cc1ccc(I)o1)C(O)(c1ccccc1)c1ccccc1. The third-order valence-corrected chi connectivity index (χ3v) is 4.24. The van der Waals surface area contributed by atoms with Gasteiger partial charge in [-0.3, -0.25) is 4.79 Å². The summed E-state index contributed by atoms with van der Waals surface area (Å²) in [6.07, 6.45) is 1.39. The van der Waals surface area contributed by atoms with Gasteiger partial charge in [0.1, 0.15) is 5.76 Å². The molecule has 0 unspecified atom stereocenters. The Balaban J connectivity index is 1.89. The molecule has 126 valence electrons. The quantitative estimate of drug-likeness (QED) is 0.359. The smallest absolute Gasteiger partial charge is 0.281 e. The molecule has 3 rings (SSSR count). The Bertz CT molecular complexity index is 836. The zero-order valence-electron chi connectivity index (χ0n) is 13.1. The van der Waals surface area contributed by atoms with Crippen LogP contribution in [0.5, 0.6) is 0 Å². The molecule has 0 aliphatic carbocycles. The van der Waals surface area contributed by atoms with Gasteiger partial charge in [-0.05, 0) is 45.9 Å². The van der Waals surface area contributed by atoms with Gasteiger partial charge in [-0.15, -0.1) is 0 Å². The third-order valence-electron chi connectivity index (χ3n) is 3.66. The second-order valence-corrected chi connectivity index (χ2v) is 6.35. The van der Waals surface area contributed by atoms with E-state index in [0.29, 0.717) is 16.9 Å². The third kappa shape index (κ3) is 3.80. The van der Waals surface area contributed by atoms with E-state index in [2.05, 4.69) is 10.5 Å². The molecule has 0 saturated heterocycles. The Morgan fingerprint density at radius 3 is 2.04 bits per heavy atom. The predicted octanol–water partition coefficient (Wildman–Crippen LogP) is 3.27. The van der Waals surface area contributed by atoms with Gasteiger partial charge in [-0.25, -0.2) is 5.43 Å². The summed E-state index contributed by atoms with van der Waals surface area (Å²) in [5, 5.41) is 15.1. The molecule has 0 atom stereocenters.